The number of likely N-dealkylation sites (tertiary alicyclic amines) is 1. The number of rotatable bonds is 7. The predicted octanol–water partition coefficient (Wildman–Crippen LogP) is 4.59. The van der Waals surface area contributed by atoms with E-state index in [1.165, 1.54) is 16.5 Å². The number of piperidine rings is 1. The van der Waals surface area contributed by atoms with Gasteiger partial charge < -0.3 is 4.74 Å². The normalized spacial score (nSPS) is 27.9. The molecule has 0 aromatic heterocycles. The second kappa shape index (κ2) is 10.1. The highest BCUT2D eigenvalue weighted by Crippen LogP contribution is 2.26. The summed E-state index contributed by atoms with van der Waals surface area (Å²) in [6.07, 6.45) is 9.27. The molecule has 0 amide bonds. The lowest BCUT2D eigenvalue weighted by molar-refractivity contribution is -0.00371. The molecule has 3 nitrogen and oxygen atoms in total. The Hall–Kier alpha value is -0.330. The summed E-state index contributed by atoms with van der Waals surface area (Å²) >= 11 is 5.34. The van der Waals surface area contributed by atoms with E-state index >= 15 is 0 Å². The molecule has 25 heavy (non-hydrogen) atoms. The van der Waals surface area contributed by atoms with Crippen molar-refractivity contribution in [3.8, 4) is 0 Å². The molecule has 1 aliphatic carbocycles. The number of benzene rings is 1. The highest BCUT2D eigenvalue weighted by molar-refractivity contribution is 9.11. The second-order valence-electron chi connectivity index (χ2n) is 7.08. The molecule has 0 bridgehead atoms. The monoisotopic (exact) mass is 424 g/mol. The third-order valence-electron chi connectivity index (χ3n) is 5.19. The molecule has 3 unspecified atom stereocenters. The quantitative estimate of drug-likeness (QED) is 0.646. The Morgan fingerprint density at radius 1 is 1.28 bits per heavy atom. The minimum absolute atomic E-state index is 0.390. The number of hydrogen-bond donors (Lipinski definition) is 1. The van der Waals surface area contributed by atoms with Crippen molar-refractivity contribution in [2.45, 2.75) is 44.4 Å². The summed E-state index contributed by atoms with van der Waals surface area (Å²) in [5, 5.41) is 0. The van der Waals surface area contributed by atoms with Crippen LogP contribution in [0.15, 0.2) is 40.9 Å². The Balaban J connectivity index is 1.53. The molecule has 3 atom stereocenters. The highest BCUT2D eigenvalue weighted by Gasteiger charge is 2.30. The summed E-state index contributed by atoms with van der Waals surface area (Å²) in [6.45, 7) is 4.17. The van der Waals surface area contributed by atoms with Crippen molar-refractivity contribution >= 4 is 27.9 Å². The standard InChI is InChI=1S/C20H29BrN2OS/c1-25-22-20-11-12-23(13-16-5-3-2-4-6-16)14-17(20)15-24-19-9-7-18(21)8-10-19/h2-7,17,19-20,22H,8-15H2,1H3. The van der Waals surface area contributed by atoms with Crippen molar-refractivity contribution in [3.63, 3.8) is 0 Å². The van der Waals surface area contributed by atoms with Gasteiger partial charge in [0, 0.05) is 31.6 Å². The van der Waals surface area contributed by atoms with E-state index in [2.05, 4.69) is 68.2 Å². The molecule has 138 valence electrons. The number of halogens is 1. The molecule has 1 heterocycles. The molecular weight excluding hydrogens is 396 g/mol. The van der Waals surface area contributed by atoms with E-state index in [1.54, 1.807) is 11.9 Å². The van der Waals surface area contributed by atoms with Gasteiger partial charge in [-0.15, -0.1) is 0 Å². The first-order valence-electron chi connectivity index (χ1n) is 9.25. The molecule has 0 saturated carbocycles. The van der Waals surface area contributed by atoms with Gasteiger partial charge >= 0.3 is 0 Å². The molecule has 1 fully saturated rings. The van der Waals surface area contributed by atoms with Crippen LogP contribution in [0.25, 0.3) is 0 Å². The van der Waals surface area contributed by atoms with Gasteiger partial charge in [-0.3, -0.25) is 9.62 Å². The maximum atomic E-state index is 6.30. The van der Waals surface area contributed by atoms with Crippen molar-refractivity contribution in [1.82, 2.24) is 9.62 Å². The number of ether oxygens (including phenoxy) is 1. The molecule has 1 N–H and O–H groups in total. The van der Waals surface area contributed by atoms with Gasteiger partial charge in [0.2, 0.25) is 0 Å². The fourth-order valence-corrected chi connectivity index (χ4v) is 4.79. The van der Waals surface area contributed by atoms with Gasteiger partial charge in [-0.05, 0) is 42.0 Å². The lowest BCUT2D eigenvalue weighted by Crippen LogP contribution is -2.49. The number of hydrogen-bond acceptors (Lipinski definition) is 4. The van der Waals surface area contributed by atoms with Crippen molar-refractivity contribution in [2.24, 2.45) is 5.92 Å². The van der Waals surface area contributed by atoms with Crippen LogP contribution in [-0.2, 0) is 11.3 Å². The Bertz CT molecular complexity index is 554. The number of allylic oxidation sites excluding steroid dienone is 1. The molecule has 5 heteroatoms. The summed E-state index contributed by atoms with van der Waals surface area (Å²) in [5.74, 6) is 0.555. The smallest absolute Gasteiger partial charge is 0.0613 e. The summed E-state index contributed by atoms with van der Waals surface area (Å²) < 4.78 is 11.2. The van der Waals surface area contributed by atoms with Crippen LogP contribution in [0.2, 0.25) is 0 Å². The fraction of sp³-hybridized carbons (Fsp3) is 0.600. The van der Waals surface area contributed by atoms with Gasteiger partial charge in [0.05, 0.1) is 12.7 Å². The summed E-state index contributed by atoms with van der Waals surface area (Å²) in [5.41, 5.74) is 1.40. The molecule has 1 aromatic carbocycles. The van der Waals surface area contributed by atoms with Crippen LogP contribution in [0.3, 0.4) is 0 Å². The molecule has 1 aliphatic heterocycles. The maximum absolute atomic E-state index is 6.30. The van der Waals surface area contributed by atoms with Crippen molar-refractivity contribution < 1.29 is 4.74 Å². The van der Waals surface area contributed by atoms with Crippen molar-refractivity contribution in [1.29, 1.82) is 0 Å². The van der Waals surface area contributed by atoms with Crippen LogP contribution in [0.1, 0.15) is 31.2 Å². The Morgan fingerprint density at radius 2 is 2.12 bits per heavy atom. The Morgan fingerprint density at radius 3 is 2.84 bits per heavy atom. The topological polar surface area (TPSA) is 24.5 Å². The minimum Gasteiger partial charge on any atom is -0.377 e. The predicted molar refractivity (Wildman–Crippen MR) is 111 cm³/mol. The van der Waals surface area contributed by atoms with Gasteiger partial charge in [-0.1, -0.05) is 64.3 Å². The lowest BCUT2D eigenvalue weighted by Gasteiger charge is -2.39. The van der Waals surface area contributed by atoms with E-state index < -0.39 is 0 Å². The van der Waals surface area contributed by atoms with E-state index in [0.29, 0.717) is 18.1 Å². The van der Waals surface area contributed by atoms with Crippen molar-refractivity contribution in [3.05, 3.63) is 46.5 Å². The summed E-state index contributed by atoms with van der Waals surface area (Å²) in [4.78, 5) is 2.58. The van der Waals surface area contributed by atoms with Gasteiger partial charge in [0.25, 0.3) is 0 Å². The molecule has 1 aromatic rings. The first-order valence-corrected chi connectivity index (χ1v) is 11.3. The van der Waals surface area contributed by atoms with Crippen LogP contribution >= 0.6 is 27.9 Å². The van der Waals surface area contributed by atoms with Crippen molar-refractivity contribution in [2.75, 3.05) is 26.0 Å². The van der Waals surface area contributed by atoms with E-state index in [0.717, 1.165) is 45.5 Å². The van der Waals surface area contributed by atoms with Gasteiger partial charge in [-0.25, -0.2) is 0 Å². The third-order valence-corrected chi connectivity index (χ3v) is 6.45. The van der Waals surface area contributed by atoms with Crippen LogP contribution < -0.4 is 4.72 Å². The second-order valence-corrected chi connectivity index (χ2v) is 8.74. The Kier molecular flexibility index (Phi) is 7.87. The summed E-state index contributed by atoms with van der Waals surface area (Å²) in [6, 6.07) is 11.4. The van der Waals surface area contributed by atoms with Gasteiger partial charge in [-0.2, -0.15) is 0 Å². The Labute approximate surface area is 164 Å². The number of nitrogens with one attached hydrogen (secondary N) is 1. The van der Waals surface area contributed by atoms with E-state index in [4.69, 9.17) is 4.74 Å². The largest absolute Gasteiger partial charge is 0.377 e. The van der Waals surface area contributed by atoms with Crippen LogP contribution in [-0.4, -0.2) is 43.0 Å². The van der Waals surface area contributed by atoms with Crippen LogP contribution in [0, 0.1) is 5.92 Å². The minimum atomic E-state index is 0.390. The van der Waals surface area contributed by atoms with E-state index in [9.17, 15) is 0 Å². The maximum Gasteiger partial charge on any atom is 0.0613 e. The number of nitrogens with zero attached hydrogens (tertiary/aromatic N) is 1. The SMILES string of the molecule is CSNC1CCN(Cc2ccccc2)CC1COC1CC=C(Br)CC1. The van der Waals surface area contributed by atoms with Gasteiger partial charge in [0.15, 0.2) is 0 Å². The third kappa shape index (κ3) is 6.10. The van der Waals surface area contributed by atoms with Gasteiger partial charge in [0.1, 0.15) is 0 Å². The molecule has 0 radical (unpaired) electrons. The van der Waals surface area contributed by atoms with E-state index in [-0.39, 0.29) is 0 Å². The molecular formula is C20H29BrN2OS. The van der Waals surface area contributed by atoms with Crippen LogP contribution in [0.5, 0.6) is 0 Å². The molecule has 1 saturated heterocycles. The van der Waals surface area contributed by atoms with Crippen LogP contribution in [0.4, 0.5) is 0 Å². The zero-order valence-electron chi connectivity index (χ0n) is 15.0. The molecule has 2 aliphatic rings. The molecule has 3 rings (SSSR count). The highest BCUT2D eigenvalue weighted by atomic mass is 79.9. The zero-order chi connectivity index (χ0) is 17.5. The van der Waals surface area contributed by atoms with E-state index in [1.807, 2.05) is 0 Å². The zero-order valence-corrected chi connectivity index (χ0v) is 17.4. The fourth-order valence-electron chi connectivity index (χ4n) is 3.76. The first-order chi connectivity index (χ1) is 12.2. The first kappa shape index (κ1) is 19.4. The molecule has 0 spiro atoms. The lowest BCUT2D eigenvalue weighted by atomic mass is 9.93. The summed E-state index contributed by atoms with van der Waals surface area (Å²) in [7, 11) is 0. The average Bonchev–Trinajstić information content (AvgIpc) is 2.64. The average molecular weight is 425 g/mol.